The van der Waals surface area contributed by atoms with Crippen LogP contribution in [0, 0.1) is 0 Å². The molecule has 0 saturated carbocycles. The molecule has 4 rings (SSSR count). The molecule has 0 radical (unpaired) electrons. The fourth-order valence-electron chi connectivity index (χ4n) is 3.78. The lowest BCUT2D eigenvalue weighted by Gasteiger charge is -2.26. The highest BCUT2D eigenvalue weighted by molar-refractivity contribution is 6.31. The molecular weight excluding hydrogens is 350 g/mol. The van der Waals surface area contributed by atoms with Crippen LogP contribution in [0.25, 0.3) is 0 Å². The summed E-state index contributed by atoms with van der Waals surface area (Å²) in [4.78, 5) is 18.4. The number of nitrogens with two attached hydrogens (primary N) is 1. The van der Waals surface area contributed by atoms with E-state index in [9.17, 15) is 4.79 Å². The van der Waals surface area contributed by atoms with Crippen LogP contribution >= 0.6 is 11.6 Å². The lowest BCUT2D eigenvalue weighted by atomic mass is 9.94. The molecule has 1 amide bonds. The Bertz CT molecular complexity index is 832. The Morgan fingerprint density at radius 1 is 1.27 bits per heavy atom. The SMILES string of the molecule is NCCC(C(=O)N1CC2=C(C1)C(c1ccc[nH]1)NN2)c1ccccc1Cl. The van der Waals surface area contributed by atoms with E-state index in [1.807, 2.05) is 47.5 Å². The molecule has 7 heteroatoms. The van der Waals surface area contributed by atoms with Gasteiger partial charge in [-0.25, -0.2) is 5.43 Å². The molecule has 6 nitrogen and oxygen atoms in total. The van der Waals surface area contributed by atoms with Gasteiger partial charge in [0.2, 0.25) is 5.91 Å². The minimum atomic E-state index is -0.314. The van der Waals surface area contributed by atoms with Crippen LogP contribution in [0.4, 0.5) is 0 Å². The van der Waals surface area contributed by atoms with E-state index in [-0.39, 0.29) is 17.9 Å². The normalized spacial score (nSPS) is 20.2. The fourth-order valence-corrected chi connectivity index (χ4v) is 4.05. The molecule has 0 fully saturated rings. The third-order valence-electron chi connectivity index (χ3n) is 5.09. The van der Waals surface area contributed by atoms with Crippen LogP contribution in [0.3, 0.4) is 0 Å². The molecule has 5 N–H and O–H groups in total. The molecule has 136 valence electrons. The third-order valence-corrected chi connectivity index (χ3v) is 5.44. The molecule has 2 aliphatic heterocycles. The molecule has 3 heterocycles. The number of halogens is 1. The van der Waals surface area contributed by atoms with Crippen molar-refractivity contribution in [3.63, 3.8) is 0 Å². The van der Waals surface area contributed by atoms with E-state index in [1.54, 1.807) is 0 Å². The molecule has 2 unspecified atom stereocenters. The number of aromatic nitrogens is 1. The first-order chi connectivity index (χ1) is 12.7. The number of amides is 1. The number of hydrogen-bond donors (Lipinski definition) is 4. The Hall–Kier alpha value is -2.28. The van der Waals surface area contributed by atoms with Gasteiger partial charge in [-0.2, -0.15) is 0 Å². The second-order valence-electron chi connectivity index (χ2n) is 6.68. The topological polar surface area (TPSA) is 86.2 Å². The van der Waals surface area contributed by atoms with Crippen LogP contribution in [-0.4, -0.2) is 35.4 Å². The van der Waals surface area contributed by atoms with Gasteiger partial charge >= 0.3 is 0 Å². The average molecular weight is 372 g/mol. The molecule has 1 aromatic heterocycles. The van der Waals surface area contributed by atoms with Gasteiger partial charge in [0.15, 0.2) is 0 Å². The van der Waals surface area contributed by atoms with Crippen LogP contribution in [0.1, 0.15) is 29.6 Å². The summed E-state index contributed by atoms with van der Waals surface area (Å²) in [6, 6.07) is 11.6. The smallest absolute Gasteiger partial charge is 0.230 e. The zero-order valence-corrected chi connectivity index (χ0v) is 15.1. The van der Waals surface area contributed by atoms with E-state index in [1.165, 1.54) is 5.57 Å². The molecule has 1 aromatic carbocycles. The summed E-state index contributed by atoms with van der Waals surface area (Å²) in [5.74, 6) is -0.240. The van der Waals surface area contributed by atoms with E-state index in [0.29, 0.717) is 31.1 Å². The van der Waals surface area contributed by atoms with Crippen molar-refractivity contribution in [1.29, 1.82) is 0 Å². The van der Waals surface area contributed by atoms with E-state index in [2.05, 4.69) is 15.8 Å². The van der Waals surface area contributed by atoms with Gasteiger partial charge in [0.1, 0.15) is 0 Å². The third kappa shape index (κ3) is 3.00. The lowest BCUT2D eigenvalue weighted by molar-refractivity contribution is -0.131. The highest BCUT2D eigenvalue weighted by Crippen LogP contribution is 2.35. The first-order valence-electron chi connectivity index (χ1n) is 8.79. The molecule has 0 aliphatic carbocycles. The van der Waals surface area contributed by atoms with Gasteiger partial charge in [0.05, 0.1) is 18.5 Å². The Kier molecular flexibility index (Phi) is 4.72. The second kappa shape index (κ2) is 7.15. The lowest BCUT2D eigenvalue weighted by Crippen LogP contribution is -2.40. The highest BCUT2D eigenvalue weighted by atomic mass is 35.5. The summed E-state index contributed by atoms with van der Waals surface area (Å²) in [6.45, 7) is 1.61. The van der Waals surface area contributed by atoms with Crippen molar-refractivity contribution in [3.05, 3.63) is 70.1 Å². The number of nitrogens with zero attached hydrogens (tertiary/aromatic N) is 1. The fraction of sp³-hybridized carbons (Fsp3) is 0.316. The maximum atomic E-state index is 13.2. The van der Waals surface area contributed by atoms with E-state index < -0.39 is 0 Å². The molecule has 0 saturated heterocycles. The monoisotopic (exact) mass is 371 g/mol. The maximum absolute atomic E-state index is 13.2. The maximum Gasteiger partial charge on any atom is 0.230 e. The van der Waals surface area contributed by atoms with Crippen molar-refractivity contribution in [2.75, 3.05) is 19.6 Å². The van der Waals surface area contributed by atoms with Crippen LogP contribution in [0.15, 0.2) is 53.9 Å². The van der Waals surface area contributed by atoms with Crippen molar-refractivity contribution in [3.8, 4) is 0 Å². The second-order valence-corrected chi connectivity index (χ2v) is 7.08. The van der Waals surface area contributed by atoms with Crippen LogP contribution < -0.4 is 16.6 Å². The van der Waals surface area contributed by atoms with Gasteiger partial charge in [-0.3, -0.25) is 4.79 Å². The molecule has 2 aliphatic rings. The Morgan fingerprint density at radius 3 is 2.85 bits per heavy atom. The van der Waals surface area contributed by atoms with Crippen LogP contribution in [0.2, 0.25) is 5.02 Å². The first kappa shape index (κ1) is 17.1. The Morgan fingerprint density at radius 2 is 2.12 bits per heavy atom. The zero-order valence-electron chi connectivity index (χ0n) is 14.3. The molecule has 2 aromatic rings. The Labute approximate surface area is 157 Å². The van der Waals surface area contributed by atoms with Gasteiger partial charge < -0.3 is 21.0 Å². The van der Waals surface area contributed by atoms with Crippen molar-refractivity contribution >= 4 is 17.5 Å². The standard InChI is InChI=1S/C19H22ClN5O/c20-15-5-2-1-4-12(15)13(7-8-21)19(26)25-10-14-17(11-25)23-24-18(14)16-6-3-9-22-16/h1-6,9,13,18,22-24H,7-8,10-11,21H2. The molecule has 0 spiro atoms. The number of aromatic amines is 1. The molecule has 26 heavy (non-hydrogen) atoms. The minimum Gasteiger partial charge on any atom is -0.363 e. The average Bonchev–Trinajstić information content (AvgIpc) is 3.36. The van der Waals surface area contributed by atoms with Gasteiger partial charge in [-0.05, 0) is 42.3 Å². The number of hydrazine groups is 1. The Balaban J connectivity index is 1.53. The predicted molar refractivity (Wildman–Crippen MR) is 101 cm³/mol. The number of nitrogens with one attached hydrogen (secondary N) is 3. The number of H-pyrrole nitrogens is 1. The van der Waals surface area contributed by atoms with Crippen LogP contribution in [-0.2, 0) is 4.79 Å². The number of rotatable bonds is 5. The molecular formula is C19H22ClN5O. The number of hydrogen-bond acceptors (Lipinski definition) is 4. The van der Waals surface area contributed by atoms with Gasteiger partial charge in [-0.1, -0.05) is 29.8 Å². The van der Waals surface area contributed by atoms with Crippen LogP contribution in [0.5, 0.6) is 0 Å². The van der Waals surface area contributed by atoms with E-state index >= 15 is 0 Å². The van der Waals surface area contributed by atoms with Crippen molar-refractivity contribution < 1.29 is 4.79 Å². The van der Waals surface area contributed by atoms with E-state index in [0.717, 1.165) is 17.0 Å². The largest absolute Gasteiger partial charge is 0.363 e. The summed E-state index contributed by atoms with van der Waals surface area (Å²) in [7, 11) is 0. The highest BCUT2D eigenvalue weighted by Gasteiger charge is 2.38. The first-order valence-corrected chi connectivity index (χ1v) is 9.17. The summed E-state index contributed by atoms with van der Waals surface area (Å²) >= 11 is 6.34. The van der Waals surface area contributed by atoms with Crippen molar-refractivity contribution in [2.45, 2.75) is 18.4 Å². The summed E-state index contributed by atoms with van der Waals surface area (Å²) < 4.78 is 0. The zero-order chi connectivity index (χ0) is 18.1. The molecule has 0 bridgehead atoms. The van der Waals surface area contributed by atoms with Gasteiger partial charge in [-0.15, -0.1) is 0 Å². The number of carbonyl (C=O) groups excluding carboxylic acids is 1. The summed E-state index contributed by atoms with van der Waals surface area (Å²) in [6.07, 6.45) is 2.48. The quantitative estimate of drug-likeness (QED) is 0.648. The van der Waals surface area contributed by atoms with Gasteiger partial charge in [0.25, 0.3) is 0 Å². The van der Waals surface area contributed by atoms with Crippen molar-refractivity contribution in [1.82, 2.24) is 20.7 Å². The van der Waals surface area contributed by atoms with E-state index in [4.69, 9.17) is 17.3 Å². The minimum absolute atomic E-state index is 0.0612. The van der Waals surface area contributed by atoms with Crippen molar-refractivity contribution in [2.24, 2.45) is 5.73 Å². The number of carbonyl (C=O) groups is 1. The van der Waals surface area contributed by atoms with Gasteiger partial charge in [0, 0.05) is 29.2 Å². The predicted octanol–water partition coefficient (Wildman–Crippen LogP) is 2.05. The molecule has 2 atom stereocenters. The number of benzene rings is 1. The summed E-state index contributed by atoms with van der Waals surface area (Å²) in [5.41, 5.74) is 16.5. The summed E-state index contributed by atoms with van der Waals surface area (Å²) in [5, 5.41) is 0.614.